The first-order chi connectivity index (χ1) is 15.1. The molecule has 0 bridgehead atoms. The zero-order valence-electron chi connectivity index (χ0n) is 19.6. The molecule has 1 saturated carbocycles. The molecule has 0 aliphatic heterocycles. The van der Waals surface area contributed by atoms with Gasteiger partial charge in [-0.25, -0.2) is 0 Å². The molecule has 5 nitrogen and oxygen atoms in total. The Morgan fingerprint density at radius 3 is 2.72 bits per heavy atom. The van der Waals surface area contributed by atoms with Crippen molar-refractivity contribution in [2.24, 2.45) is 22.2 Å². The van der Waals surface area contributed by atoms with Crippen LogP contribution in [0, 0.1) is 27.4 Å². The first-order valence-electron chi connectivity index (χ1n) is 12.1. The molecule has 0 saturated heterocycles. The molecule has 0 N–H and O–H groups in total. The molecule has 0 radical (unpaired) electrons. The van der Waals surface area contributed by atoms with Gasteiger partial charge in [0.2, 0.25) is 0 Å². The summed E-state index contributed by atoms with van der Waals surface area (Å²) in [7, 11) is 0. The van der Waals surface area contributed by atoms with Gasteiger partial charge in [-0.15, -0.1) is 0 Å². The molecule has 0 amide bonds. The summed E-state index contributed by atoms with van der Waals surface area (Å²) in [5.41, 5.74) is 4.72. The van der Waals surface area contributed by atoms with Gasteiger partial charge in [0.1, 0.15) is 0 Å². The molecule has 0 aromatic rings. The van der Waals surface area contributed by atoms with Gasteiger partial charge in [-0.2, -0.15) is 0 Å². The van der Waals surface area contributed by atoms with Crippen LogP contribution in [-0.4, -0.2) is 25.5 Å². The van der Waals surface area contributed by atoms with E-state index >= 15 is 0 Å². The molecule has 1 fully saturated rings. The number of hydrogen-bond donors (Lipinski definition) is 0. The van der Waals surface area contributed by atoms with E-state index in [2.05, 4.69) is 19.9 Å². The summed E-state index contributed by atoms with van der Waals surface area (Å²) in [6.07, 6.45) is 10.8. The predicted molar refractivity (Wildman–Crippen MR) is 119 cm³/mol. The third-order valence-electron chi connectivity index (χ3n) is 8.99. The van der Waals surface area contributed by atoms with Crippen LogP contribution in [-0.2, 0) is 14.4 Å². The van der Waals surface area contributed by atoms with Crippen molar-refractivity contribution in [2.45, 2.75) is 83.0 Å². The second kappa shape index (κ2) is 7.85. The Labute approximate surface area is 201 Å². The normalized spacial score (nSPS) is 38.7. The van der Waals surface area contributed by atoms with Crippen molar-refractivity contribution in [1.82, 2.24) is 3.44 Å². The molecule has 0 aromatic heterocycles. The second-order valence-corrected chi connectivity index (χ2v) is 14.1. The molecule has 6 heteroatoms. The van der Waals surface area contributed by atoms with Crippen LogP contribution in [0.25, 0.3) is 0 Å². The average molecular weight is 551 g/mol. The number of nitrogens with zero attached hydrogens (tertiary/aromatic N) is 1. The van der Waals surface area contributed by atoms with Gasteiger partial charge in [0.05, 0.1) is 0 Å². The number of hydrogen-bond acceptors (Lipinski definition) is 5. The molecule has 32 heavy (non-hydrogen) atoms. The molecule has 0 aromatic carbocycles. The molecule has 5 aliphatic rings. The summed E-state index contributed by atoms with van der Waals surface area (Å²) in [5, 5.41) is 12.8. The monoisotopic (exact) mass is 551 g/mol. The van der Waals surface area contributed by atoms with Crippen LogP contribution < -0.4 is 21.5 Å². The van der Waals surface area contributed by atoms with E-state index < -0.39 is 21.5 Å². The van der Waals surface area contributed by atoms with E-state index in [1.165, 1.54) is 22.3 Å². The maximum atomic E-state index is 13.4. The number of fused-ring (bicyclic) bond motifs is 3. The maximum absolute atomic E-state index is 13.4. The Balaban J connectivity index is 1.59. The fourth-order valence-electron chi connectivity index (χ4n) is 7.16. The number of rotatable bonds is 5. The van der Waals surface area contributed by atoms with Crippen LogP contribution in [0.1, 0.15) is 79.1 Å². The number of Topliss-reactive ketones (excluding diaryl/α,β-unsaturated/α-hetero) is 1. The number of alkyl halides is 1. The van der Waals surface area contributed by atoms with E-state index in [0.717, 1.165) is 42.0 Å². The Bertz CT molecular complexity index is 965. The molecule has 5 rings (SSSR count). The summed E-state index contributed by atoms with van der Waals surface area (Å²) in [5.74, 6) is 0.915. The summed E-state index contributed by atoms with van der Waals surface area (Å²) < 4.78 is 0.923. The van der Waals surface area contributed by atoms with Gasteiger partial charge in [0.25, 0.3) is 0 Å². The van der Waals surface area contributed by atoms with Crippen molar-refractivity contribution in [1.29, 1.82) is 0 Å². The van der Waals surface area contributed by atoms with Crippen LogP contribution in [0.4, 0.5) is 0 Å². The Hall–Kier alpha value is -0.830. The third-order valence-corrected chi connectivity index (χ3v) is 11.5. The predicted octanol–water partition coefficient (Wildman–Crippen LogP) is 2.22. The minimum absolute atomic E-state index is 0.0195. The number of carbonyl (C=O) groups excluding carboxylic acids is 2. The number of carbonyl (C=O) groups is 2. The summed E-state index contributed by atoms with van der Waals surface area (Å²) >= 11 is -0.993. The second-order valence-electron chi connectivity index (χ2n) is 11.2. The van der Waals surface area contributed by atoms with Gasteiger partial charge in [0, 0.05) is 0 Å². The first-order valence-corrected chi connectivity index (χ1v) is 14.3. The topological polar surface area (TPSA) is 69.7 Å². The van der Waals surface area contributed by atoms with Crippen molar-refractivity contribution < 1.29 is 35.9 Å². The Kier molecular flexibility index (Phi) is 5.63. The average Bonchev–Trinajstić information content (AvgIpc) is 3.17. The SMILES string of the molecule is CC(C)CON([O-])[I-]C1CC2=CC(=O)CCC2(C)C2=C1C1=CC[C@@]3(C)CCC(=O)C13CC2. The molecule has 5 aliphatic carbocycles. The molecule has 1 spiro atoms. The van der Waals surface area contributed by atoms with Gasteiger partial charge in [-0.3, -0.25) is 0 Å². The zero-order chi connectivity index (χ0) is 22.9. The number of halogens is 1. The van der Waals surface area contributed by atoms with Gasteiger partial charge >= 0.3 is 202 Å². The summed E-state index contributed by atoms with van der Waals surface area (Å²) in [6.45, 7) is 9.10. The summed E-state index contributed by atoms with van der Waals surface area (Å²) in [4.78, 5) is 31.2. The standard InChI is InChI=1S/C26H34INO4/c1-16(2)15-32-28(31)27-21-14-17-13-18(29)5-11-25(17,4)19-7-12-26-20(23(19)21)6-9-24(26,3)10-8-22(26)30/h6,13,16,21H,5,7-12,14-15H2,1-4H3/q-2/t21?,24-,25?,26?/m0/s1. The number of allylic oxidation sites excluding steroid dienone is 6. The van der Waals surface area contributed by atoms with E-state index in [4.69, 9.17) is 4.84 Å². The van der Waals surface area contributed by atoms with Crippen molar-refractivity contribution in [3.05, 3.63) is 39.7 Å². The van der Waals surface area contributed by atoms with E-state index in [1.807, 2.05) is 19.9 Å². The van der Waals surface area contributed by atoms with E-state index in [1.54, 1.807) is 0 Å². The zero-order valence-corrected chi connectivity index (χ0v) is 21.8. The minimum atomic E-state index is -0.993. The molecule has 3 unspecified atom stereocenters. The first kappa shape index (κ1) is 22.9. The van der Waals surface area contributed by atoms with Gasteiger partial charge in [-0.05, 0) is 0 Å². The van der Waals surface area contributed by atoms with Crippen LogP contribution in [0.15, 0.2) is 34.4 Å². The van der Waals surface area contributed by atoms with Crippen molar-refractivity contribution in [3.63, 3.8) is 0 Å². The molecule has 176 valence electrons. The van der Waals surface area contributed by atoms with E-state index in [0.29, 0.717) is 31.1 Å². The third kappa shape index (κ3) is 3.19. The molecule has 4 atom stereocenters. The fraction of sp³-hybridized carbons (Fsp3) is 0.692. The van der Waals surface area contributed by atoms with Crippen molar-refractivity contribution in [2.75, 3.05) is 6.61 Å². The van der Waals surface area contributed by atoms with Gasteiger partial charge < -0.3 is 0 Å². The van der Waals surface area contributed by atoms with Gasteiger partial charge in [0.15, 0.2) is 0 Å². The van der Waals surface area contributed by atoms with E-state index in [-0.39, 0.29) is 26.0 Å². The molecular formula is C26H34INO4-2. The van der Waals surface area contributed by atoms with Crippen LogP contribution >= 0.6 is 0 Å². The van der Waals surface area contributed by atoms with Crippen LogP contribution in [0.2, 0.25) is 0 Å². The Morgan fingerprint density at radius 1 is 1.19 bits per heavy atom. The molecular weight excluding hydrogens is 517 g/mol. The van der Waals surface area contributed by atoms with Crippen LogP contribution in [0.5, 0.6) is 0 Å². The molecule has 0 heterocycles. The summed E-state index contributed by atoms with van der Waals surface area (Å²) in [6, 6.07) is 0. The fourth-order valence-corrected chi connectivity index (χ4v) is 9.69. The van der Waals surface area contributed by atoms with Gasteiger partial charge in [-0.1, -0.05) is 0 Å². The number of ketones is 2. The quantitative estimate of drug-likeness (QED) is 0.227. The Morgan fingerprint density at radius 2 is 1.97 bits per heavy atom. The van der Waals surface area contributed by atoms with Crippen molar-refractivity contribution >= 4 is 11.6 Å². The van der Waals surface area contributed by atoms with E-state index in [9.17, 15) is 14.8 Å². The van der Waals surface area contributed by atoms with Crippen molar-refractivity contribution in [3.8, 4) is 0 Å². The van der Waals surface area contributed by atoms with Crippen LogP contribution in [0.3, 0.4) is 0 Å².